The quantitative estimate of drug-likeness (QED) is 0.903. The van der Waals surface area contributed by atoms with Gasteiger partial charge in [0.2, 0.25) is 0 Å². The maximum absolute atomic E-state index is 14.3. The summed E-state index contributed by atoms with van der Waals surface area (Å²) in [5.41, 5.74) is 0.738. The molecule has 2 heterocycles. The number of hydrogen-bond donors (Lipinski definition) is 1. The van der Waals surface area contributed by atoms with E-state index in [-0.39, 0.29) is 5.82 Å². The fourth-order valence-electron chi connectivity index (χ4n) is 3.88. The lowest BCUT2D eigenvalue weighted by Gasteiger charge is -2.37. The van der Waals surface area contributed by atoms with Crippen molar-refractivity contribution in [3.8, 4) is 5.75 Å². The third kappa shape index (κ3) is 3.06. The molecule has 2 fully saturated rings. The lowest BCUT2D eigenvalue weighted by Crippen LogP contribution is -2.48. The predicted molar refractivity (Wildman–Crippen MR) is 82.0 cm³/mol. The van der Waals surface area contributed by atoms with Gasteiger partial charge in [0.05, 0.1) is 7.11 Å². The molecule has 0 radical (unpaired) electrons. The van der Waals surface area contributed by atoms with Crippen molar-refractivity contribution < 1.29 is 9.13 Å². The highest BCUT2D eigenvalue weighted by molar-refractivity contribution is 5.31. The van der Waals surface area contributed by atoms with Crippen molar-refractivity contribution in [3.05, 3.63) is 29.6 Å². The van der Waals surface area contributed by atoms with Crippen molar-refractivity contribution in [2.45, 2.75) is 57.3 Å². The van der Waals surface area contributed by atoms with Gasteiger partial charge in [0, 0.05) is 30.2 Å². The zero-order chi connectivity index (χ0) is 14.8. The van der Waals surface area contributed by atoms with Gasteiger partial charge in [-0.25, -0.2) is 4.39 Å². The van der Waals surface area contributed by atoms with Gasteiger partial charge in [-0.05, 0) is 38.3 Å². The van der Waals surface area contributed by atoms with Crippen LogP contribution in [-0.2, 0) is 6.54 Å². The standard InChI is InChI=1S/C17H25FN2O/c1-3-20(15-9-13-7-8-14(10-15)19-13)11-12-5-4-6-16(21-2)17(12)18/h4-6,13-15,19H,3,7-11H2,1-2H3. The molecular formula is C17H25FN2O. The van der Waals surface area contributed by atoms with E-state index < -0.39 is 0 Å². The molecule has 4 heteroatoms. The van der Waals surface area contributed by atoms with E-state index >= 15 is 0 Å². The highest BCUT2D eigenvalue weighted by atomic mass is 19.1. The molecule has 0 aromatic heterocycles. The molecule has 1 N–H and O–H groups in total. The summed E-state index contributed by atoms with van der Waals surface area (Å²) in [4.78, 5) is 2.42. The molecule has 3 nitrogen and oxygen atoms in total. The van der Waals surface area contributed by atoms with Crippen molar-refractivity contribution in [1.29, 1.82) is 0 Å². The summed E-state index contributed by atoms with van der Waals surface area (Å²) in [6.45, 7) is 3.80. The lowest BCUT2D eigenvalue weighted by atomic mass is 9.97. The smallest absolute Gasteiger partial charge is 0.169 e. The average Bonchev–Trinajstić information content (AvgIpc) is 2.84. The van der Waals surface area contributed by atoms with Crippen LogP contribution in [0.3, 0.4) is 0 Å². The van der Waals surface area contributed by atoms with Gasteiger partial charge in [0.15, 0.2) is 11.6 Å². The van der Waals surface area contributed by atoms with E-state index in [4.69, 9.17) is 4.74 Å². The summed E-state index contributed by atoms with van der Waals surface area (Å²) in [5, 5.41) is 3.67. The van der Waals surface area contributed by atoms with Gasteiger partial charge >= 0.3 is 0 Å². The Bertz CT molecular complexity index is 482. The van der Waals surface area contributed by atoms with Crippen LogP contribution in [0.2, 0.25) is 0 Å². The number of rotatable bonds is 5. The Kier molecular flexibility index (Phi) is 4.45. The number of methoxy groups -OCH3 is 1. The van der Waals surface area contributed by atoms with Crippen LogP contribution in [-0.4, -0.2) is 36.7 Å². The summed E-state index contributed by atoms with van der Waals surface area (Å²) in [7, 11) is 1.52. The topological polar surface area (TPSA) is 24.5 Å². The molecular weight excluding hydrogens is 267 g/mol. The van der Waals surface area contributed by atoms with E-state index in [9.17, 15) is 4.39 Å². The van der Waals surface area contributed by atoms with Crippen LogP contribution in [0, 0.1) is 5.82 Å². The summed E-state index contributed by atoms with van der Waals surface area (Å²) in [5.74, 6) is 0.129. The van der Waals surface area contributed by atoms with Gasteiger partial charge in [-0.15, -0.1) is 0 Å². The van der Waals surface area contributed by atoms with Gasteiger partial charge < -0.3 is 10.1 Å². The lowest BCUT2D eigenvalue weighted by molar-refractivity contribution is 0.139. The summed E-state index contributed by atoms with van der Waals surface area (Å²) >= 11 is 0. The van der Waals surface area contributed by atoms with Gasteiger partial charge in [-0.1, -0.05) is 19.1 Å². The SMILES string of the molecule is CCN(Cc1cccc(OC)c1F)C1CC2CCC(C1)N2. The third-order valence-electron chi connectivity index (χ3n) is 5.01. The van der Waals surface area contributed by atoms with Crippen molar-refractivity contribution in [3.63, 3.8) is 0 Å². The molecule has 0 aliphatic carbocycles. The first kappa shape index (κ1) is 14.8. The molecule has 0 spiro atoms. The van der Waals surface area contributed by atoms with Crippen molar-refractivity contribution in [1.82, 2.24) is 10.2 Å². The molecule has 2 bridgehead atoms. The second-order valence-corrected chi connectivity index (χ2v) is 6.26. The number of ether oxygens (including phenoxy) is 1. The molecule has 2 saturated heterocycles. The van der Waals surface area contributed by atoms with Crippen molar-refractivity contribution in [2.24, 2.45) is 0 Å². The Hall–Kier alpha value is -1.13. The van der Waals surface area contributed by atoms with E-state index in [2.05, 4.69) is 17.1 Å². The molecule has 1 aromatic carbocycles. The van der Waals surface area contributed by atoms with E-state index in [1.54, 1.807) is 6.07 Å². The maximum Gasteiger partial charge on any atom is 0.169 e. The minimum Gasteiger partial charge on any atom is -0.494 e. The van der Waals surface area contributed by atoms with Crippen LogP contribution in [0.15, 0.2) is 18.2 Å². The first-order valence-corrected chi connectivity index (χ1v) is 8.02. The number of nitrogens with zero attached hydrogens (tertiary/aromatic N) is 1. The average molecular weight is 292 g/mol. The number of halogens is 1. The van der Waals surface area contributed by atoms with Gasteiger partial charge in [0.25, 0.3) is 0 Å². The van der Waals surface area contributed by atoms with Crippen LogP contribution < -0.4 is 10.1 Å². The zero-order valence-electron chi connectivity index (χ0n) is 12.9. The van der Waals surface area contributed by atoms with Crippen LogP contribution in [0.5, 0.6) is 5.75 Å². The molecule has 2 aliphatic rings. The highest BCUT2D eigenvalue weighted by Gasteiger charge is 2.35. The number of hydrogen-bond acceptors (Lipinski definition) is 3. The molecule has 1 aromatic rings. The van der Waals surface area contributed by atoms with Crippen LogP contribution >= 0.6 is 0 Å². The minimum atomic E-state index is -0.213. The van der Waals surface area contributed by atoms with Gasteiger partial charge in [0.1, 0.15) is 0 Å². The van der Waals surface area contributed by atoms with Crippen LogP contribution in [0.4, 0.5) is 4.39 Å². The second-order valence-electron chi connectivity index (χ2n) is 6.26. The summed E-state index contributed by atoms with van der Waals surface area (Å²) in [6, 6.07) is 7.32. The summed E-state index contributed by atoms with van der Waals surface area (Å²) in [6.07, 6.45) is 4.98. The minimum absolute atomic E-state index is 0.213. The molecule has 116 valence electrons. The highest BCUT2D eigenvalue weighted by Crippen LogP contribution is 2.31. The molecule has 0 saturated carbocycles. The first-order valence-electron chi connectivity index (χ1n) is 8.02. The second kappa shape index (κ2) is 6.32. The number of piperidine rings is 1. The van der Waals surface area contributed by atoms with Crippen molar-refractivity contribution in [2.75, 3.05) is 13.7 Å². The Morgan fingerprint density at radius 2 is 2.00 bits per heavy atom. The number of benzene rings is 1. The van der Waals surface area contributed by atoms with E-state index in [1.165, 1.54) is 32.8 Å². The van der Waals surface area contributed by atoms with Crippen molar-refractivity contribution >= 4 is 0 Å². The summed E-state index contributed by atoms with van der Waals surface area (Å²) < 4.78 is 19.4. The largest absolute Gasteiger partial charge is 0.494 e. The molecule has 0 amide bonds. The Balaban J connectivity index is 1.72. The number of nitrogens with one attached hydrogen (secondary N) is 1. The monoisotopic (exact) mass is 292 g/mol. The zero-order valence-corrected chi connectivity index (χ0v) is 12.9. The molecule has 3 rings (SSSR count). The molecule has 2 unspecified atom stereocenters. The molecule has 2 aliphatic heterocycles. The van der Waals surface area contributed by atoms with Gasteiger partial charge in [-0.2, -0.15) is 0 Å². The number of fused-ring (bicyclic) bond motifs is 2. The normalized spacial score (nSPS) is 28.1. The van der Waals surface area contributed by atoms with E-state index in [0.29, 0.717) is 30.4 Å². The van der Waals surface area contributed by atoms with E-state index in [0.717, 1.165) is 12.1 Å². The van der Waals surface area contributed by atoms with Crippen LogP contribution in [0.1, 0.15) is 38.2 Å². The van der Waals surface area contributed by atoms with Crippen LogP contribution in [0.25, 0.3) is 0 Å². The first-order chi connectivity index (χ1) is 10.2. The molecule has 2 atom stereocenters. The Morgan fingerprint density at radius 3 is 2.62 bits per heavy atom. The Labute approximate surface area is 126 Å². The fourth-order valence-corrected chi connectivity index (χ4v) is 3.88. The maximum atomic E-state index is 14.3. The molecule has 21 heavy (non-hydrogen) atoms. The fraction of sp³-hybridized carbons (Fsp3) is 0.647. The predicted octanol–water partition coefficient (Wildman–Crippen LogP) is 2.94. The van der Waals surface area contributed by atoms with E-state index in [1.807, 2.05) is 12.1 Å². The van der Waals surface area contributed by atoms with Gasteiger partial charge in [-0.3, -0.25) is 4.90 Å². The third-order valence-corrected chi connectivity index (χ3v) is 5.01. The Morgan fingerprint density at radius 1 is 1.29 bits per heavy atom.